The largest absolute Gasteiger partial charge is 0.507 e. The summed E-state index contributed by atoms with van der Waals surface area (Å²) >= 11 is 4.70. The van der Waals surface area contributed by atoms with Crippen LogP contribution >= 0.6 is 27.3 Å². The van der Waals surface area contributed by atoms with E-state index in [9.17, 15) is 14.7 Å². The molecule has 1 aliphatic rings. The van der Waals surface area contributed by atoms with Crippen LogP contribution in [0.1, 0.15) is 22.7 Å². The third-order valence-electron chi connectivity index (χ3n) is 4.56. The maximum atomic E-state index is 12.9. The van der Waals surface area contributed by atoms with Gasteiger partial charge in [0, 0.05) is 21.6 Å². The molecular formula is C21H15BrN2O3S. The van der Waals surface area contributed by atoms with Crippen LogP contribution in [0.2, 0.25) is 0 Å². The Hall–Kier alpha value is -2.77. The van der Waals surface area contributed by atoms with E-state index in [1.54, 1.807) is 23.7 Å². The molecule has 4 rings (SSSR count). The fourth-order valence-corrected chi connectivity index (χ4v) is 4.31. The summed E-state index contributed by atoms with van der Waals surface area (Å²) in [6.45, 7) is 1.94. The molecule has 1 atom stereocenters. The summed E-state index contributed by atoms with van der Waals surface area (Å²) < 4.78 is 0.810. The van der Waals surface area contributed by atoms with Gasteiger partial charge in [-0.05, 0) is 24.6 Å². The van der Waals surface area contributed by atoms with Crippen molar-refractivity contribution in [2.24, 2.45) is 0 Å². The molecule has 28 heavy (non-hydrogen) atoms. The molecule has 3 aromatic rings. The van der Waals surface area contributed by atoms with Crippen LogP contribution in [0.4, 0.5) is 5.13 Å². The minimum atomic E-state index is -0.759. The van der Waals surface area contributed by atoms with Crippen LogP contribution in [-0.4, -0.2) is 21.8 Å². The number of carbonyl (C=O) groups excluding carboxylic acids is 2. The third-order valence-corrected chi connectivity index (χ3v) is 5.82. The summed E-state index contributed by atoms with van der Waals surface area (Å²) in [6.07, 6.45) is 1.58. The summed E-state index contributed by atoms with van der Waals surface area (Å²) in [5.74, 6) is -1.62. The van der Waals surface area contributed by atoms with Crippen molar-refractivity contribution >= 4 is 49.8 Å². The summed E-state index contributed by atoms with van der Waals surface area (Å²) in [5.41, 5.74) is 2.28. The van der Waals surface area contributed by atoms with E-state index in [4.69, 9.17) is 0 Å². The zero-order chi connectivity index (χ0) is 19.8. The number of thiazole rings is 1. The van der Waals surface area contributed by atoms with Crippen molar-refractivity contribution in [3.05, 3.63) is 86.8 Å². The molecule has 7 heteroatoms. The van der Waals surface area contributed by atoms with Gasteiger partial charge in [-0.2, -0.15) is 0 Å². The van der Waals surface area contributed by atoms with Gasteiger partial charge in [-0.25, -0.2) is 4.98 Å². The number of aliphatic hydroxyl groups is 1. The van der Waals surface area contributed by atoms with E-state index >= 15 is 0 Å². The van der Waals surface area contributed by atoms with Crippen molar-refractivity contribution < 1.29 is 14.7 Å². The molecule has 5 nitrogen and oxygen atoms in total. The van der Waals surface area contributed by atoms with Crippen molar-refractivity contribution in [2.75, 3.05) is 4.90 Å². The van der Waals surface area contributed by atoms with E-state index in [0.717, 1.165) is 10.0 Å². The standard InChI is InChI=1S/C21H15BrN2O3S/c1-12-5-7-13(8-6-12)18(25)16-17(14-3-2-4-15(22)11-14)24(20(27)19(16)26)21-23-9-10-28-21/h2-11,17,25H,1H3/b18-16-. The number of aryl methyl sites for hydroxylation is 1. The maximum absolute atomic E-state index is 12.9. The number of nitrogens with zero attached hydrogens (tertiary/aromatic N) is 2. The molecule has 1 unspecified atom stereocenters. The zero-order valence-electron chi connectivity index (χ0n) is 14.8. The van der Waals surface area contributed by atoms with Gasteiger partial charge < -0.3 is 5.11 Å². The van der Waals surface area contributed by atoms with Gasteiger partial charge in [0.05, 0.1) is 11.6 Å². The molecule has 0 spiro atoms. The number of anilines is 1. The van der Waals surface area contributed by atoms with Gasteiger partial charge in [0.25, 0.3) is 5.78 Å². The lowest BCUT2D eigenvalue weighted by molar-refractivity contribution is -0.132. The van der Waals surface area contributed by atoms with E-state index < -0.39 is 17.7 Å². The molecule has 1 fully saturated rings. The van der Waals surface area contributed by atoms with Crippen molar-refractivity contribution in [1.82, 2.24) is 4.98 Å². The van der Waals surface area contributed by atoms with E-state index in [2.05, 4.69) is 20.9 Å². The quantitative estimate of drug-likeness (QED) is 0.349. The van der Waals surface area contributed by atoms with Crippen molar-refractivity contribution in [2.45, 2.75) is 13.0 Å². The van der Waals surface area contributed by atoms with Crippen molar-refractivity contribution in [3.8, 4) is 0 Å². The van der Waals surface area contributed by atoms with Crippen LogP contribution in [0, 0.1) is 6.92 Å². The van der Waals surface area contributed by atoms with Crippen LogP contribution in [-0.2, 0) is 9.59 Å². The number of Topliss-reactive ketones (excluding diaryl/α,β-unsaturated/α-hetero) is 1. The Morgan fingerprint density at radius 1 is 1.18 bits per heavy atom. The van der Waals surface area contributed by atoms with Crippen LogP contribution in [0.15, 0.2) is 70.2 Å². The predicted octanol–water partition coefficient (Wildman–Crippen LogP) is 4.84. The summed E-state index contributed by atoms with van der Waals surface area (Å²) in [5, 5.41) is 13.1. The SMILES string of the molecule is Cc1ccc(/C(O)=C2/C(=O)C(=O)N(c3nccs3)C2c2cccc(Br)c2)cc1. The second kappa shape index (κ2) is 7.33. The highest BCUT2D eigenvalue weighted by Gasteiger charge is 2.47. The van der Waals surface area contributed by atoms with E-state index in [1.807, 2.05) is 43.3 Å². The Morgan fingerprint density at radius 3 is 2.57 bits per heavy atom. The maximum Gasteiger partial charge on any atom is 0.301 e. The molecule has 0 aliphatic carbocycles. The lowest BCUT2D eigenvalue weighted by atomic mass is 9.95. The van der Waals surface area contributed by atoms with Gasteiger partial charge in [-0.1, -0.05) is 57.9 Å². The van der Waals surface area contributed by atoms with Gasteiger partial charge in [-0.3, -0.25) is 14.5 Å². The minimum Gasteiger partial charge on any atom is -0.507 e. The van der Waals surface area contributed by atoms with Crippen LogP contribution < -0.4 is 4.90 Å². The molecule has 2 aromatic carbocycles. The highest BCUT2D eigenvalue weighted by atomic mass is 79.9. The first-order chi connectivity index (χ1) is 13.5. The van der Waals surface area contributed by atoms with E-state index in [1.165, 1.54) is 16.2 Å². The average molecular weight is 455 g/mol. The van der Waals surface area contributed by atoms with E-state index in [-0.39, 0.29) is 11.3 Å². The fraction of sp³-hybridized carbons (Fsp3) is 0.0952. The number of halogens is 1. The number of hydrogen-bond donors (Lipinski definition) is 1. The van der Waals surface area contributed by atoms with Gasteiger partial charge in [0.15, 0.2) is 5.13 Å². The molecule has 0 bridgehead atoms. The molecule has 1 aromatic heterocycles. The first-order valence-corrected chi connectivity index (χ1v) is 10.2. The second-order valence-corrected chi connectivity index (χ2v) is 8.19. The van der Waals surface area contributed by atoms with Gasteiger partial charge >= 0.3 is 5.91 Å². The molecule has 0 saturated carbocycles. The zero-order valence-corrected chi connectivity index (χ0v) is 17.2. The summed E-state index contributed by atoms with van der Waals surface area (Å²) in [6, 6.07) is 13.7. The molecule has 1 saturated heterocycles. The topological polar surface area (TPSA) is 70.5 Å². The molecule has 1 amide bonds. The van der Waals surface area contributed by atoms with Gasteiger partial charge in [0.2, 0.25) is 0 Å². The highest BCUT2D eigenvalue weighted by molar-refractivity contribution is 9.10. The third kappa shape index (κ3) is 3.16. The molecular weight excluding hydrogens is 440 g/mol. The first kappa shape index (κ1) is 18.6. The smallest absolute Gasteiger partial charge is 0.301 e. The highest BCUT2D eigenvalue weighted by Crippen LogP contribution is 2.43. The number of carbonyl (C=O) groups is 2. The lowest BCUT2D eigenvalue weighted by Crippen LogP contribution is -2.29. The molecule has 1 N–H and O–H groups in total. The molecule has 0 radical (unpaired) electrons. The van der Waals surface area contributed by atoms with Crippen LogP contribution in [0.3, 0.4) is 0 Å². The summed E-state index contributed by atoms with van der Waals surface area (Å²) in [7, 11) is 0. The number of amides is 1. The number of aromatic nitrogens is 1. The molecule has 2 heterocycles. The number of aliphatic hydroxyl groups excluding tert-OH is 1. The lowest BCUT2D eigenvalue weighted by Gasteiger charge is -2.23. The van der Waals surface area contributed by atoms with Crippen LogP contribution in [0.25, 0.3) is 5.76 Å². The minimum absolute atomic E-state index is 0.0575. The Balaban J connectivity index is 1.95. The number of hydrogen-bond acceptors (Lipinski definition) is 5. The summed E-state index contributed by atoms with van der Waals surface area (Å²) in [4.78, 5) is 31.3. The van der Waals surface area contributed by atoms with Crippen molar-refractivity contribution in [3.63, 3.8) is 0 Å². The Bertz CT molecular complexity index is 1090. The van der Waals surface area contributed by atoms with Gasteiger partial charge in [-0.15, -0.1) is 11.3 Å². The Morgan fingerprint density at radius 2 is 1.93 bits per heavy atom. The first-order valence-electron chi connectivity index (χ1n) is 8.50. The average Bonchev–Trinajstić information content (AvgIpc) is 3.29. The number of ketones is 1. The predicted molar refractivity (Wildman–Crippen MR) is 112 cm³/mol. The number of benzene rings is 2. The molecule has 1 aliphatic heterocycles. The fourth-order valence-electron chi connectivity index (χ4n) is 3.22. The number of rotatable bonds is 3. The van der Waals surface area contributed by atoms with Crippen LogP contribution in [0.5, 0.6) is 0 Å². The Kier molecular flexibility index (Phi) is 4.87. The van der Waals surface area contributed by atoms with Crippen molar-refractivity contribution in [1.29, 1.82) is 0 Å². The second-order valence-electron chi connectivity index (χ2n) is 6.40. The molecule has 140 valence electrons. The van der Waals surface area contributed by atoms with E-state index in [0.29, 0.717) is 16.3 Å². The van der Waals surface area contributed by atoms with Gasteiger partial charge in [0.1, 0.15) is 5.76 Å². The normalized spacial score (nSPS) is 18.6. The monoisotopic (exact) mass is 454 g/mol. The Labute approximate surface area is 174 Å².